The lowest BCUT2D eigenvalue weighted by molar-refractivity contribution is -0.00348. The molecule has 0 saturated carbocycles. The van der Waals surface area contributed by atoms with Crippen molar-refractivity contribution in [3.63, 3.8) is 0 Å². The summed E-state index contributed by atoms with van der Waals surface area (Å²) in [6.07, 6.45) is 1.60. The monoisotopic (exact) mass is 278 g/mol. The number of nitrogens with zero attached hydrogens (tertiary/aromatic N) is 1. The summed E-state index contributed by atoms with van der Waals surface area (Å²) in [4.78, 5) is 4.02. The number of benzene rings is 1. The molecule has 1 N–H and O–H groups in total. The number of rotatable bonds is 6. The first-order valence-corrected chi connectivity index (χ1v) is 6.25. The maximum atomic E-state index is 13.9. The zero-order chi connectivity index (χ0) is 14.4. The fourth-order valence-corrected chi connectivity index (χ4v) is 1.88. The van der Waals surface area contributed by atoms with Gasteiger partial charge in [0, 0.05) is 23.9 Å². The molecule has 5 heteroatoms. The van der Waals surface area contributed by atoms with Gasteiger partial charge in [-0.1, -0.05) is 36.4 Å². The lowest BCUT2D eigenvalue weighted by Crippen LogP contribution is -2.30. The molecular weight excluding hydrogens is 262 g/mol. The highest BCUT2D eigenvalue weighted by Gasteiger charge is 2.30. The molecule has 0 unspecified atom stereocenters. The van der Waals surface area contributed by atoms with Crippen molar-refractivity contribution in [3.05, 3.63) is 59.8 Å². The number of halogens is 2. The van der Waals surface area contributed by atoms with E-state index in [1.807, 2.05) is 0 Å². The Morgan fingerprint density at radius 1 is 1.15 bits per heavy atom. The zero-order valence-electron chi connectivity index (χ0n) is 11.1. The standard InChI is InChI=1S/C15H16F2N2O/c1-20-14-12(6-5-9-19-14)10-18-11-15(16,17)13-7-3-2-4-8-13/h2-9,18H,10-11H2,1H3. The van der Waals surface area contributed by atoms with E-state index in [4.69, 9.17) is 4.74 Å². The van der Waals surface area contributed by atoms with Gasteiger partial charge in [0.15, 0.2) is 0 Å². The number of aromatic nitrogens is 1. The summed E-state index contributed by atoms with van der Waals surface area (Å²) < 4.78 is 32.9. The molecule has 0 saturated heterocycles. The molecule has 1 heterocycles. The van der Waals surface area contributed by atoms with Gasteiger partial charge in [0.25, 0.3) is 5.92 Å². The molecule has 0 aliphatic heterocycles. The number of hydrogen-bond donors (Lipinski definition) is 1. The van der Waals surface area contributed by atoms with E-state index in [1.54, 1.807) is 36.5 Å². The minimum atomic E-state index is -2.91. The predicted octanol–water partition coefficient (Wildman–Crippen LogP) is 2.97. The SMILES string of the molecule is COc1ncccc1CNCC(F)(F)c1ccccc1. The Balaban J connectivity index is 1.96. The van der Waals surface area contributed by atoms with Crippen molar-refractivity contribution in [2.45, 2.75) is 12.5 Å². The lowest BCUT2D eigenvalue weighted by atomic mass is 10.1. The summed E-state index contributed by atoms with van der Waals surface area (Å²) >= 11 is 0. The summed E-state index contributed by atoms with van der Waals surface area (Å²) in [7, 11) is 1.50. The molecule has 1 aromatic heterocycles. The van der Waals surface area contributed by atoms with Crippen LogP contribution in [-0.2, 0) is 12.5 Å². The molecule has 2 rings (SSSR count). The molecule has 1 aromatic carbocycles. The molecule has 0 spiro atoms. The van der Waals surface area contributed by atoms with E-state index in [1.165, 1.54) is 19.2 Å². The van der Waals surface area contributed by atoms with Crippen molar-refractivity contribution in [1.82, 2.24) is 10.3 Å². The normalized spacial score (nSPS) is 11.3. The van der Waals surface area contributed by atoms with Crippen molar-refractivity contribution in [2.75, 3.05) is 13.7 Å². The van der Waals surface area contributed by atoms with E-state index < -0.39 is 12.5 Å². The largest absolute Gasteiger partial charge is 0.481 e. The number of alkyl halides is 2. The van der Waals surface area contributed by atoms with Crippen LogP contribution in [-0.4, -0.2) is 18.6 Å². The Morgan fingerprint density at radius 3 is 2.60 bits per heavy atom. The molecule has 0 radical (unpaired) electrons. The van der Waals surface area contributed by atoms with Crippen molar-refractivity contribution in [2.24, 2.45) is 0 Å². The predicted molar refractivity (Wildman–Crippen MR) is 72.8 cm³/mol. The van der Waals surface area contributed by atoms with Gasteiger partial charge in [0.05, 0.1) is 13.7 Å². The zero-order valence-corrected chi connectivity index (χ0v) is 11.1. The van der Waals surface area contributed by atoms with Crippen LogP contribution < -0.4 is 10.1 Å². The summed E-state index contributed by atoms with van der Waals surface area (Å²) in [5.74, 6) is -2.46. The molecule has 0 aliphatic rings. The second-order valence-electron chi connectivity index (χ2n) is 4.35. The number of nitrogens with one attached hydrogen (secondary N) is 1. The first-order valence-electron chi connectivity index (χ1n) is 6.25. The highest BCUT2D eigenvalue weighted by Crippen LogP contribution is 2.26. The molecule has 0 atom stereocenters. The van der Waals surface area contributed by atoms with Crippen LogP contribution in [0.3, 0.4) is 0 Å². The smallest absolute Gasteiger partial charge is 0.285 e. The van der Waals surface area contributed by atoms with E-state index in [0.29, 0.717) is 5.88 Å². The van der Waals surface area contributed by atoms with Gasteiger partial charge in [-0.05, 0) is 6.07 Å². The maximum Gasteiger partial charge on any atom is 0.285 e. The summed E-state index contributed by atoms with van der Waals surface area (Å²) in [5, 5.41) is 2.75. The van der Waals surface area contributed by atoms with Crippen molar-refractivity contribution < 1.29 is 13.5 Å². The minimum absolute atomic E-state index is 0.00523. The lowest BCUT2D eigenvalue weighted by Gasteiger charge is -2.17. The topological polar surface area (TPSA) is 34.1 Å². The third-order valence-corrected chi connectivity index (χ3v) is 2.90. The Morgan fingerprint density at radius 2 is 1.90 bits per heavy atom. The van der Waals surface area contributed by atoms with Crippen molar-refractivity contribution in [3.8, 4) is 5.88 Å². The van der Waals surface area contributed by atoms with E-state index in [9.17, 15) is 8.78 Å². The third kappa shape index (κ3) is 3.51. The molecule has 0 aliphatic carbocycles. The maximum absolute atomic E-state index is 13.9. The van der Waals surface area contributed by atoms with Crippen molar-refractivity contribution >= 4 is 0 Å². The number of hydrogen-bond acceptors (Lipinski definition) is 3. The molecule has 106 valence electrons. The molecule has 2 aromatic rings. The average molecular weight is 278 g/mol. The van der Waals surface area contributed by atoms with E-state index >= 15 is 0 Å². The van der Waals surface area contributed by atoms with Crippen LogP contribution in [0.15, 0.2) is 48.7 Å². The van der Waals surface area contributed by atoms with Crippen LogP contribution in [0.5, 0.6) is 5.88 Å². The highest BCUT2D eigenvalue weighted by molar-refractivity contribution is 5.25. The van der Waals surface area contributed by atoms with E-state index in [0.717, 1.165) is 5.56 Å². The van der Waals surface area contributed by atoms with Gasteiger partial charge in [-0.3, -0.25) is 0 Å². The summed E-state index contributed by atoms with van der Waals surface area (Å²) in [5.41, 5.74) is 0.754. The summed E-state index contributed by atoms with van der Waals surface area (Å²) in [6, 6.07) is 11.3. The number of pyridine rings is 1. The number of ether oxygens (including phenoxy) is 1. The quantitative estimate of drug-likeness (QED) is 0.882. The Labute approximate surface area is 116 Å². The van der Waals surface area contributed by atoms with Gasteiger partial charge < -0.3 is 10.1 Å². The van der Waals surface area contributed by atoms with Crippen LogP contribution in [0, 0.1) is 0 Å². The third-order valence-electron chi connectivity index (χ3n) is 2.90. The first-order chi connectivity index (χ1) is 9.63. The Hall–Kier alpha value is -2.01. The van der Waals surface area contributed by atoms with Crippen LogP contribution in [0.1, 0.15) is 11.1 Å². The molecule has 3 nitrogen and oxygen atoms in total. The fraction of sp³-hybridized carbons (Fsp3) is 0.267. The van der Waals surface area contributed by atoms with Crippen LogP contribution in [0.2, 0.25) is 0 Å². The average Bonchev–Trinajstić information content (AvgIpc) is 2.48. The van der Waals surface area contributed by atoms with Crippen LogP contribution in [0.4, 0.5) is 8.78 Å². The number of methoxy groups -OCH3 is 1. The molecule has 0 amide bonds. The first kappa shape index (κ1) is 14.4. The van der Waals surface area contributed by atoms with Crippen LogP contribution in [0.25, 0.3) is 0 Å². The van der Waals surface area contributed by atoms with E-state index in [-0.39, 0.29) is 12.1 Å². The van der Waals surface area contributed by atoms with Gasteiger partial charge >= 0.3 is 0 Å². The minimum Gasteiger partial charge on any atom is -0.481 e. The Bertz CT molecular complexity index is 547. The molecular formula is C15H16F2N2O. The van der Waals surface area contributed by atoms with Gasteiger partial charge in [0.2, 0.25) is 5.88 Å². The second kappa shape index (κ2) is 6.43. The second-order valence-corrected chi connectivity index (χ2v) is 4.35. The van der Waals surface area contributed by atoms with Gasteiger partial charge in [-0.2, -0.15) is 8.78 Å². The Kier molecular flexibility index (Phi) is 4.63. The molecule has 0 bridgehead atoms. The van der Waals surface area contributed by atoms with Gasteiger partial charge in [-0.15, -0.1) is 0 Å². The van der Waals surface area contributed by atoms with Gasteiger partial charge in [0.1, 0.15) is 0 Å². The molecule has 0 fully saturated rings. The van der Waals surface area contributed by atoms with Crippen LogP contribution >= 0.6 is 0 Å². The van der Waals surface area contributed by atoms with Crippen molar-refractivity contribution in [1.29, 1.82) is 0 Å². The fourth-order valence-electron chi connectivity index (χ4n) is 1.88. The van der Waals surface area contributed by atoms with E-state index in [2.05, 4.69) is 10.3 Å². The highest BCUT2D eigenvalue weighted by atomic mass is 19.3. The summed E-state index contributed by atoms with van der Waals surface area (Å²) in [6.45, 7) is -0.158. The van der Waals surface area contributed by atoms with Gasteiger partial charge in [-0.25, -0.2) is 4.98 Å². The molecule has 20 heavy (non-hydrogen) atoms.